The molecule has 0 aromatic carbocycles. The highest BCUT2D eigenvalue weighted by molar-refractivity contribution is 6.33. The average molecular weight is 253 g/mol. The third-order valence-electron chi connectivity index (χ3n) is 1.94. The van der Waals surface area contributed by atoms with Crippen LogP contribution in [0.4, 0.5) is 0 Å². The SMILES string of the molecule is C#CCC(NC(=O)c1cnccc1Cl)C(=O)O. The Bertz CT molecular complexity index is 482. The van der Waals surface area contributed by atoms with Crippen LogP contribution in [-0.4, -0.2) is 28.0 Å². The standard InChI is InChI=1S/C11H9ClN2O3/c1-2-3-9(11(16)17)14-10(15)7-6-13-5-4-8(7)12/h1,4-6,9H,3H2,(H,14,15)(H,16,17). The van der Waals surface area contributed by atoms with Crippen LogP contribution in [-0.2, 0) is 4.79 Å². The number of carboxylic acid groups (broad SMARTS) is 1. The molecule has 0 aliphatic carbocycles. The van der Waals surface area contributed by atoms with E-state index in [1.807, 2.05) is 0 Å². The number of hydrogen-bond acceptors (Lipinski definition) is 3. The van der Waals surface area contributed by atoms with Crippen molar-refractivity contribution >= 4 is 23.5 Å². The number of terminal acetylenes is 1. The summed E-state index contributed by atoms with van der Waals surface area (Å²) in [6, 6.07) is 0.303. The monoisotopic (exact) mass is 252 g/mol. The second-order valence-electron chi connectivity index (χ2n) is 3.13. The van der Waals surface area contributed by atoms with E-state index in [1.54, 1.807) is 0 Å². The van der Waals surface area contributed by atoms with Crippen molar-refractivity contribution in [3.63, 3.8) is 0 Å². The van der Waals surface area contributed by atoms with Gasteiger partial charge in [0.15, 0.2) is 0 Å². The molecular formula is C11H9ClN2O3. The van der Waals surface area contributed by atoms with E-state index in [0.717, 1.165) is 0 Å². The maximum atomic E-state index is 11.7. The third kappa shape index (κ3) is 3.47. The van der Waals surface area contributed by atoms with Crippen LogP contribution in [0.25, 0.3) is 0 Å². The fourth-order valence-corrected chi connectivity index (χ4v) is 1.29. The molecule has 0 aliphatic rings. The van der Waals surface area contributed by atoms with E-state index >= 15 is 0 Å². The second-order valence-corrected chi connectivity index (χ2v) is 3.54. The highest BCUT2D eigenvalue weighted by Gasteiger charge is 2.20. The molecule has 0 spiro atoms. The van der Waals surface area contributed by atoms with Crippen LogP contribution in [0, 0.1) is 12.3 Å². The number of carboxylic acids is 1. The number of aromatic nitrogens is 1. The maximum absolute atomic E-state index is 11.7. The lowest BCUT2D eigenvalue weighted by atomic mass is 10.2. The fourth-order valence-electron chi connectivity index (χ4n) is 1.10. The largest absolute Gasteiger partial charge is 0.480 e. The van der Waals surface area contributed by atoms with Crippen molar-refractivity contribution in [1.29, 1.82) is 0 Å². The van der Waals surface area contributed by atoms with Crippen molar-refractivity contribution in [2.45, 2.75) is 12.5 Å². The second kappa shape index (κ2) is 5.87. The van der Waals surface area contributed by atoms with Crippen LogP contribution in [0.2, 0.25) is 5.02 Å². The van der Waals surface area contributed by atoms with Crippen LogP contribution in [0.15, 0.2) is 18.5 Å². The number of hydrogen-bond donors (Lipinski definition) is 2. The first-order chi connectivity index (χ1) is 8.06. The number of carbonyl (C=O) groups is 2. The molecule has 1 heterocycles. The Hall–Kier alpha value is -2.06. The normalized spacial score (nSPS) is 11.3. The number of halogens is 1. The number of rotatable bonds is 4. The Morgan fingerprint density at radius 3 is 2.88 bits per heavy atom. The van der Waals surface area contributed by atoms with Crippen LogP contribution in [0.1, 0.15) is 16.8 Å². The van der Waals surface area contributed by atoms with Crippen molar-refractivity contribution in [3.8, 4) is 12.3 Å². The molecule has 1 aromatic heterocycles. The number of pyridine rings is 1. The zero-order chi connectivity index (χ0) is 12.8. The number of nitrogens with one attached hydrogen (secondary N) is 1. The summed E-state index contributed by atoms with van der Waals surface area (Å²) in [5.41, 5.74) is 0.109. The molecule has 17 heavy (non-hydrogen) atoms. The molecule has 0 radical (unpaired) electrons. The Morgan fingerprint density at radius 1 is 1.65 bits per heavy atom. The minimum Gasteiger partial charge on any atom is -0.480 e. The van der Waals surface area contributed by atoms with E-state index in [4.69, 9.17) is 23.1 Å². The van der Waals surface area contributed by atoms with Gasteiger partial charge in [-0.05, 0) is 6.07 Å². The first-order valence-electron chi connectivity index (χ1n) is 4.63. The van der Waals surface area contributed by atoms with Gasteiger partial charge in [0, 0.05) is 18.8 Å². The van der Waals surface area contributed by atoms with Crippen LogP contribution < -0.4 is 5.32 Å². The summed E-state index contributed by atoms with van der Waals surface area (Å²) in [5.74, 6) is 0.359. The number of aliphatic carboxylic acids is 1. The molecule has 6 heteroatoms. The van der Waals surface area contributed by atoms with Crippen molar-refractivity contribution in [2.75, 3.05) is 0 Å². The molecule has 0 bridgehead atoms. The fraction of sp³-hybridized carbons (Fsp3) is 0.182. The molecule has 1 amide bonds. The zero-order valence-corrected chi connectivity index (χ0v) is 9.44. The number of nitrogens with zero attached hydrogens (tertiary/aromatic N) is 1. The molecule has 0 saturated heterocycles. The van der Waals surface area contributed by atoms with Crippen molar-refractivity contribution in [2.24, 2.45) is 0 Å². The average Bonchev–Trinajstić information content (AvgIpc) is 2.28. The van der Waals surface area contributed by atoms with E-state index in [9.17, 15) is 9.59 Å². The van der Waals surface area contributed by atoms with Gasteiger partial charge in [0.05, 0.1) is 10.6 Å². The van der Waals surface area contributed by atoms with E-state index in [-0.39, 0.29) is 17.0 Å². The van der Waals surface area contributed by atoms with Gasteiger partial charge in [0.2, 0.25) is 0 Å². The molecule has 0 aliphatic heterocycles. The summed E-state index contributed by atoms with van der Waals surface area (Å²) >= 11 is 5.77. The predicted octanol–water partition coefficient (Wildman–Crippen LogP) is 0.941. The van der Waals surface area contributed by atoms with Gasteiger partial charge in [-0.2, -0.15) is 0 Å². The summed E-state index contributed by atoms with van der Waals surface area (Å²) < 4.78 is 0. The lowest BCUT2D eigenvalue weighted by Crippen LogP contribution is -2.40. The lowest BCUT2D eigenvalue weighted by Gasteiger charge is -2.12. The highest BCUT2D eigenvalue weighted by atomic mass is 35.5. The molecule has 0 fully saturated rings. The van der Waals surface area contributed by atoms with Crippen molar-refractivity contribution in [1.82, 2.24) is 10.3 Å². The summed E-state index contributed by atoms with van der Waals surface area (Å²) in [6.07, 6.45) is 7.59. The van der Waals surface area contributed by atoms with Crippen molar-refractivity contribution in [3.05, 3.63) is 29.0 Å². The van der Waals surface area contributed by atoms with Gasteiger partial charge < -0.3 is 10.4 Å². The topological polar surface area (TPSA) is 79.3 Å². The minimum atomic E-state index is -1.20. The number of carbonyl (C=O) groups excluding carboxylic acids is 1. The van der Waals surface area contributed by atoms with Gasteiger partial charge in [0.25, 0.3) is 5.91 Å². The molecular weight excluding hydrogens is 244 g/mol. The Kier molecular flexibility index (Phi) is 4.49. The molecule has 1 aromatic rings. The van der Waals surface area contributed by atoms with Crippen LogP contribution in [0.5, 0.6) is 0 Å². The van der Waals surface area contributed by atoms with Gasteiger partial charge in [-0.25, -0.2) is 4.79 Å². The van der Waals surface area contributed by atoms with Crippen molar-refractivity contribution < 1.29 is 14.7 Å². The molecule has 2 N–H and O–H groups in total. The minimum absolute atomic E-state index is 0.0983. The van der Waals surface area contributed by atoms with Gasteiger partial charge in [-0.15, -0.1) is 12.3 Å². The highest BCUT2D eigenvalue weighted by Crippen LogP contribution is 2.13. The lowest BCUT2D eigenvalue weighted by molar-refractivity contribution is -0.139. The maximum Gasteiger partial charge on any atom is 0.327 e. The third-order valence-corrected chi connectivity index (χ3v) is 2.27. The molecule has 0 saturated carbocycles. The van der Waals surface area contributed by atoms with Gasteiger partial charge in [0.1, 0.15) is 6.04 Å². The molecule has 1 unspecified atom stereocenters. The molecule has 1 atom stereocenters. The molecule has 5 nitrogen and oxygen atoms in total. The van der Waals surface area contributed by atoms with Gasteiger partial charge in [-0.1, -0.05) is 11.6 Å². The molecule has 1 rings (SSSR count). The smallest absolute Gasteiger partial charge is 0.327 e. The Labute approximate surface area is 103 Å². The van der Waals surface area contributed by atoms with Gasteiger partial charge >= 0.3 is 5.97 Å². The van der Waals surface area contributed by atoms with E-state index in [1.165, 1.54) is 18.5 Å². The number of amides is 1. The first-order valence-corrected chi connectivity index (χ1v) is 5.00. The summed E-state index contributed by atoms with van der Waals surface area (Å²) in [6.45, 7) is 0. The molecule has 88 valence electrons. The summed E-state index contributed by atoms with van der Waals surface area (Å²) in [4.78, 5) is 26.2. The van der Waals surface area contributed by atoms with E-state index in [2.05, 4.69) is 16.2 Å². The summed E-state index contributed by atoms with van der Waals surface area (Å²) in [5, 5.41) is 11.3. The van der Waals surface area contributed by atoms with Crippen LogP contribution >= 0.6 is 11.6 Å². The quantitative estimate of drug-likeness (QED) is 0.782. The van der Waals surface area contributed by atoms with Gasteiger partial charge in [-0.3, -0.25) is 9.78 Å². The van der Waals surface area contributed by atoms with Crippen LogP contribution in [0.3, 0.4) is 0 Å². The van der Waals surface area contributed by atoms with E-state index in [0.29, 0.717) is 0 Å². The van der Waals surface area contributed by atoms with E-state index < -0.39 is 17.9 Å². The Balaban J connectivity index is 2.82. The first kappa shape index (κ1) is 13.0. The Morgan fingerprint density at radius 2 is 2.35 bits per heavy atom. The predicted molar refractivity (Wildman–Crippen MR) is 61.6 cm³/mol. The zero-order valence-electron chi connectivity index (χ0n) is 8.68. The summed E-state index contributed by atoms with van der Waals surface area (Å²) in [7, 11) is 0.